The molecular weight excluding hydrogens is 340 g/mol. The van der Waals surface area contributed by atoms with E-state index in [1.54, 1.807) is 7.11 Å². The molecular formula is C13H14N4O6S. The van der Waals surface area contributed by atoms with E-state index < -0.39 is 16.6 Å². The summed E-state index contributed by atoms with van der Waals surface area (Å²) in [6.45, 7) is 0.793. The Morgan fingerprint density at radius 2 is 2.29 bits per heavy atom. The normalized spacial score (nSPS) is 10.7. The summed E-state index contributed by atoms with van der Waals surface area (Å²) in [6, 6.07) is 3.56. The maximum absolute atomic E-state index is 11.8. The van der Waals surface area contributed by atoms with Crippen LogP contribution in [0.1, 0.15) is 16.8 Å². The van der Waals surface area contributed by atoms with Crippen molar-refractivity contribution in [3.05, 3.63) is 44.4 Å². The number of rotatable bonds is 8. The summed E-state index contributed by atoms with van der Waals surface area (Å²) >= 11 is 0.914. The average Bonchev–Trinajstić information content (AvgIpc) is 2.88. The zero-order valence-electron chi connectivity index (χ0n) is 12.6. The molecule has 1 aromatic heterocycles. The van der Waals surface area contributed by atoms with Crippen LogP contribution < -0.4 is 5.69 Å². The minimum absolute atomic E-state index is 0.189. The molecule has 1 heterocycles. The lowest BCUT2D eigenvalue weighted by atomic mass is 10.2. The summed E-state index contributed by atoms with van der Waals surface area (Å²) in [7, 11) is 1.54. The van der Waals surface area contributed by atoms with Crippen LogP contribution in [0.2, 0.25) is 0 Å². The highest BCUT2D eigenvalue weighted by atomic mass is 32.2. The number of ether oxygens (including phenoxy) is 1. The molecule has 24 heavy (non-hydrogen) atoms. The summed E-state index contributed by atoms with van der Waals surface area (Å²) in [6.07, 6.45) is 0.573. The Morgan fingerprint density at radius 3 is 2.92 bits per heavy atom. The van der Waals surface area contributed by atoms with E-state index in [1.165, 1.54) is 16.7 Å². The second-order valence-corrected chi connectivity index (χ2v) is 5.67. The zero-order chi connectivity index (χ0) is 17.7. The highest BCUT2D eigenvalue weighted by Gasteiger charge is 2.20. The second-order valence-electron chi connectivity index (χ2n) is 4.66. The first kappa shape index (κ1) is 17.7. The lowest BCUT2D eigenvalue weighted by Gasteiger charge is -2.06. The number of aromatic amines is 1. The zero-order valence-corrected chi connectivity index (χ0v) is 13.4. The Labute approximate surface area is 139 Å². The number of H-pyrrole nitrogens is 1. The molecule has 0 aliphatic heterocycles. The number of carbonyl (C=O) groups is 1. The largest absolute Gasteiger partial charge is 0.478 e. The first-order valence-electron chi connectivity index (χ1n) is 6.77. The summed E-state index contributed by atoms with van der Waals surface area (Å²) in [5.41, 5.74) is -0.984. The first-order valence-corrected chi connectivity index (χ1v) is 7.59. The highest BCUT2D eigenvalue weighted by molar-refractivity contribution is 7.99. The van der Waals surface area contributed by atoms with Crippen molar-refractivity contribution < 1.29 is 19.6 Å². The van der Waals surface area contributed by atoms with Gasteiger partial charge in [-0.2, -0.15) is 0 Å². The number of nitrogens with one attached hydrogen (secondary N) is 1. The molecule has 0 atom stereocenters. The number of nitrogens with zero attached hydrogens (tertiary/aromatic N) is 3. The molecule has 0 unspecified atom stereocenters. The molecule has 11 heteroatoms. The van der Waals surface area contributed by atoms with Crippen molar-refractivity contribution in [2.45, 2.75) is 23.0 Å². The lowest BCUT2D eigenvalue weighted by molar-refractivity contribution is -0.387. The standard InChI is InChI=1S/C13H14N4O6S/c1-23-6-2-5-16-12(20)14-15-13(16)24-10-4-3-8(11(18)19)7-9(10)17(21)22/h3-4,7H,2,5-6H2,1H3,(H,14,20)(H,18,19). The number of nitro benzene ring substituents is 1. The third-order valence-electron chi connectivity index (χ3n) is 3.06. The van der Waals surface area contributed by atoms with Gasteiger partial charge in [0.1, 0.15) is 0 Å². The topological polar surface area (TPSA) is 140 Å². The van der Waals surface area contributed by atoms with Crippen molar-refractivity contribution >= 4 is 23.4 Å². The monoisotopic (exact) mass is 354 g/mol. The molecule has 2 aromatic rings. The van der Waals surface area contributed by atoms with Gasteiger partial charge in [-0.3, -0.25) is 14.7 Å². The molecule has 0 spiro atoms. The van der Waals surface area contributed by atoms with E-state index in [4.69, 9.17) is 9.84 Å². The molecule has 10 nitrogen and oxygen atoms in total. The van der Waals surface area contributed by atoms with Gasteiger partial charge in [0.25, 0.3) is 5.69 Å². The average molecular weight is 354 g/mol. The molecule has 0 fully saturated rings. The van der Waals surface area contributed by atoms with Crippen LogP contribution in [0.3, 0.4) is 0 Å². The lowest BCUT2D eigenvalue weighted by Crippen LogP contribution is -2.18. The minimum atomic E-state index is -1.26. The first-order chi connectivity index (χ1) is 11.4. The Hall–Kier alpha value is -2.66. The fourth-order valence-electron chi connectivity index (χ4n) is 1.92. The Bertz CT molecular complexity index is 815. The number of hydrogen-bond donors (Lipinski definition) is 2. The molecule has 2 N–H and O–H groups in total. The number of carboxylic acid groups (broad SMARTS) is 1. The highest BCUT2D eigenvalue weighted by Crippen LogP contribution is 2.34. The van der Waals surface area contributed by atoms with Crippen molar-refractivity contribution in [2.24, 2.45) is 0 Å². The quantitative estimate of drug-likeness (QED) is 0.411. The van der Waals surface area contributed by atoms with Crippen LogP contribution in [0, 0.1) is 10.1 Å². The molecule has 0 amide bonds. The summed E-state index contributed by atoms with van der Waals surface area (Å²) in [4.78, 5) is 33.4. The predicted molar refractivity (Wildman–Crippen MR) is 83.5 cm³/mol. The molecule has 0 bridgehead atoms. The smallest absolute Gasteiger partial charge is 0.343 e. The number of aromatic carboxylic acids is 1. The number of carboxylic acids is 1. The van der Waals surface area contributed by atoms with E-state index in [9.17, 15) is 19.7 Å². The van der Waals surface area contributed by atoms with Crippen LogP contribution in [0.25, 0.3) is 0 Å². The molecule has 1 aromatic carbocycles. The second kappa shape index (κ2) is 7.75. The molecule has 128 valence electrons. The van der Waals surface area contributed by atoms with Gasteiger partial charge in [0.05, 0.1) is 15.4 Å². The molecule has 0 radical (unpaired) electrons. The fraction of sp³-hybridized carbons (Fsp3) is 0.308. The molecule has 0 saturated heterocycles. The van der Waals surface area contributed by atoms with Gasteiger partial charge in [-0.25, -0.2) is 14.7 Å². The van der Waals surface area contributed by atoms with E-state index in [0.717, 1.165) is 17.8 Å². The number of benzene rings is 1. The molecule has 2 rings (SSSR count). The van der Waals surface area contributed by atoms with Gasteiger partial charge in [-0.05, 0) is 30.3 Å². The Kier molecular flexibility index (Phi) is 5.71. The number of aromatic nitrogens is 3. The van der Waals surface area contributed by atoms with Crippen LogP contribution in [0.5, 0.6) is 0 Å². The van der Waals surface area contributed by atoms with Crippen molar-refractivity contribution in [2.75, 3.05) is 13.7 Å². The van der Waals surface area contributed by atoms with Crippen molar-refractivity contribution in [3.63, 3.8) is 0 Å². The van der Waals surface area contributed by atoms with Crippen LogP contribution >= 0.6 is 11.8 Å². The van der Waals surface area contributed by atoms with Gasteiger partial charge in [-0.15, -0.1) is 5.10 Å². The third-order valence-corrected chi connectivity index (χ3v) is 4.12. The van der Waals surface area contributed by atoms with Gasteiger partial charge in [-0.1, -0.05) is 0 Å². The van der Waals surface area contributed by atoms with E-state index in [-0.39, 0.29) is 21.3 Å². The van der Waals surface area contributed by atoms with Crippen molar-refractivity contribution in [3.8, 4) is 0 Å². The Balaban J connectivity index is 2.33. The molecule has 0 aliphatic rings. The summed E-state index contributed by atoms with van der Waals surface area (Å²) in [5.74, 6) is -1.26. The molecule has 0 aliphatic carbocycles. The van der Waals surface area contributed by atoms with E-state index >= 15 is 0 Å². The summed E-state index contributed by atoms with van der Waals surface area (Å²) in [5, 5.41) is 26.5. The maximum Gasteiger partial charge on any atom is 0.343 e. The van der Waals surface area contributed by atoms with Gasteiger partial charge < -0.3 is 9.84 Å². The van der Waals surface area contributed by atoms with Gasteiger partial charge in [0, 0.05) is 26.3 Å². The van der Waals surface area contributed by atoms with E-state index in [2.05, 4.69) is 10.2 Å². The van der Waals surface area contributed by atoms with E-state index in [1.807, 2.05) is 0 Å². The number of hydrogen-bond acceptors (Lipinski definition) is 7. The van der Waals surface area contributed by atoms with Crippen LogP contribution in [0.4, 0.5) is 5.69 Å². The van der Waals surface area contributed by atoms with Crippen LogP contribution in [-0.2, 0) is 11.3 Å². The summed E-state index contributed by atoms with van der Waals surface area (Å²) < 4.78 is 6.27. The Morgan fingerprint density at radius 1 is 1.54 bits per heavy atom. The van der Waals surface area contributed by atoms with Gasteiger partial charge in [0.2, 0.25) is 0 Å². The van der Waals surface area contributed by atoms with Crippen molar-refractivity contribution in [1.82, 2.24) is 14.8 Å². The van der Waals surface area contributed by atoms with Gasteiger partial charge in [0.15, 0.2) is 5.16 Å². The minimum Gasteiger partial charge on any atom is -0.478 e. The van der Waals surface area contributed by atoms with Gasteiger partial charge >= 0.3 is 11.7 Å². The fourth-order valence-corrected chi connectivity index (χ4v) is 2.87. The SMILES string of the molecule is COCCCn1c(Sc2ccc(C(=O)O)cc2[N+](=O)[O-])n[nH]c1=O. The van der Waals surface area contributed by atoms with Crippen molar-refractivity contribution in [1.29, 1.82) is 0 Å². The maximum atomic E-state index is 11.8. The molecule has 0 saturated carbocycles. The third kappa shape index (κ3) is 4.00. The number of nitro groups is 1. The predicted octanol–water partition coefficient (Wildman–Crippen LogP) is 1.37. The number of methoxy groups -OCH3 is 1. The van der Waals surface area contributed by atoms with E-state index in [0.29, 0.717) is 19.6 Å². The van der Waals surface area contributed by atoms with Crippen LogP contribution in [0.15, 0.2) is 33.0 Å². The van der Waals surface area contributed by atoms with Crippen LogP contribution in [-0.4, -0.2) is 44.5 Å².